The fourth-order valence-electron chi connectivity index (χ4n) is 1.33. The van der Waals surface area contributed by atoms with E-state index in [0.29, 0.717) is 0 Å². The Morgan fingerprint density at radius 3 is 1.24 bits per heavy atom. The van der Waals surface area contributed by atoms with E-state index in [2.05, 4.69) is 5.32 Å². The van der Waals surface area contributed by atoms with Crippen molar-refractivity contribution in [2.24, 2.45) is 0 Å². The van der Waals surface area contributed by atoms with Gasteiger partial charge >= 0.3 is 0 Å². The first-order chi connectivity index (χ1) is 7.95. The molecule has 0 saturated carbocycles. The molecule has 0 heterocycles. The van der Waals surface area contributed by atoms with Crippen LogP contribution in [0.25, 0.3) is 0 Å². The minimum absolute atomic E-state index is 0.515. The van der Waals surface area contributed by atoms with E-state index >= 15 is 0 Å². The van der Waals surface area contributed by atoms with Gasteiger partial charge in [-0.2, -0.15) is 0 Å². The average molecular weight is 249 g/mol. The second-order valence-electron chi connectivity index (χ2n) is 4.33. The molecule has 0 amide bonds. The highest BCUT2D eigenvalue weighted by atomic mass is 16.7. The molecule has 0 aromatic rings. The van der Waals surface area contributed by atoms with Gasteiger partial charge in [-0.1, -0.05) is 0 Å². The summed E-state index contributed by atoms with van der Waals surface area (Å²) in [6.45, 7) is 5.48. The normalized spacial score (nSPS) is 13.1. The maximum absolute atomic E-state index is 5.27. The molecule has 0 aromatic heterocycles. The Morgan fingerprint density at radius 1 is 0.706 bits per heavy atom. The molecule has 0 aliphatic heterocycles. The zero-order valence-corrected chi connectivity index (χ0v) is 12.0. The summed E-state index contributed by atoms with van der Waals surface area (Å²) < 4.78 is 21.1. The molecule has 0 radical (unpaired) electrons. The van der Waals surface area contributed by atoms with Gasteiger partial charge in [-0.15, -0.1) is 0 Å². The van der Waals surface area contributed by atoms with E-state index in [0.717, 1.165) is 25.9 Å². The summed E-state index contributed by atoms with van der Waals surface area (Å²) in [5, 5.41) is 3.31. The molecule has 0 bridgehead atoms. The second kappa shape index (κ2) is 8.00. The fraction of sp³-hybridized carbons (Fsp3) is 1.00. The zero-order valence-electron chi connectivity index (χ0n) is 12.0. The van der Waals surface area contributed by atoms with Gasteiger partial charge in [-0.3, -0.25) is 0 Å². The lowest BCUT2D eigenvalue weighted by Gasteiger charge is -2.28. The first-order valence-corrected chi connectivity index (χ1v) is 5.86. The summed E-state index contributed by atoms with van der Waals surface area (Å²) in [5.41, 5.74) is 0. The molecule has 5 heteroatoms. The minimum atomic E-state index is -0.515. The zero-order chi connectivity index (χ0) is 13.4. The molecule has 0 saturated heterocycles. The molecule has 0 spiro atoms. The van der Waals surface area contributed by atoms with Crippen LogP contribution in [0.1, 0.15) is 26.7 Å². The number of hydrogen-bond acceptors (Lipinski definition) is 5. The van der Waals surface area contributed by atoms with Crippen molar-refractivity contribution in [1.82, 2.24) is 5.32 Å². The minimum Gasteiger partial charge on any atom is -0.353 e. The van der Waals surface area contributed by atoms with E-state index in [1.54, 1.807) is 28.4 Å². The Balaban J connectivity index is 3.72. The Hall–Kier alpha value is -0.200. The van der Waals surface area contributed by atoms with Crippen LogP contribution in [0, 0.1) is 0 Å². The number of rotatable bonds is 10. The first kappa shape index (κ1) is 16.8. The van der Waals surface area contributed by atoms with Crippen LogP contribution in [0.4, 0.5) is 0 Å². The summed E-state index contributed by atoms with van der Waals surface area (Å²) in [7, 11) is 6.60. The smallest absolute Gasteiger partial charge is 0.165 e. The highest BCUT2D eigenvalue weighted by Crippen LogP contribution is 2.15. The number of methoxy groups -OCH3 is 4. The molecule has 0 aliphatic carbocycles. The molecule has 0 aromatic carbocycles. The van der Waals surface area contributed by atoms with Crippen molar-refractivity contribution < 1.29 is 18.9 Å². The Kier molecular flexibility index (Phi) is 7.91. The van der Waals surface area contributed by atoms with Gasteiger partial charge in [0.15, 0.2) is 11.6 Å². The molecular formula is C12H27NO4. The Labute approximate surface area is 105 Å². The van der Waals surface area contributed by atoms with Gasteiger partial charge in [0, 0.05) is 54.4 Å². The number of ether oxygens (including phenoxy) is 4. The van der Waals surface area contributed by atoms with Crippen molar-refractivity contribution in [2.75, 3.05) is 41.5 Å². The van der Waals surface area contributed by atoms with Gasteiger partial charge < -0.3 is 24.3 Å². The van der Waals surface area contributed by atoms with Crippen LogP contribution < -0.4 is 5.32 Å². The van der Waals surface area contributed by atoms with Gasteiger partial charge in [0.25, 0.3) is 0 Å². The molecule has 0 fully saturated rings. The van der Waals surface area contributed by atoms with E-state index in [-0.39, 0.29) is 0 Å². The summed E-state index contributed by atoms with van der Waals surface area (Å²) in [6.07, 6.45) is 1.58. The highest BCUT2D eigenvalue weighted by Gasteiger charge is 2.23. The van der Waals surface area contributed by atoms with Crippen LogP contribution in [0.15, 0.2) is 0 Å². The standard InChI is InChI=1S/C12H27NO4/c1-11(14-3,15-4)7-9-13-10-8-12(2,16-5)17-6/h13H,7-10H2,1-6H3. The molecule has 17 heavy (non-hydrogen) atoms. The van der Waals surface area contributed by atoms with Crippen LogP contribution in [0.5, 0.6) is 0 Å². The molecular weight excluding hydrogens is 222 g/mol. The van der Waals surface area contributed by atoms with Crippen LogP contribution in [-0.2, 0) is 18.9 Å². The topological polar surface area (TPSA) is 49.0 Å². The third kappa shape index (κ3) is 6.33. The van der Waals surface area contributed by atoms with E-state index < -0.39 is 11.6 Å². The molecule has 5 nitrogen and oxygen atoms in total. The third-order valence-corrected chi connectivity index (χ3v) is 3.24. The molecule has 1 N–H and O–H groups in total. The number of hydrogen-bond donors (Lipinski definition) is 1. The van der Waals surface area contributed by atoms with Crippen LogP contribution in [-0.4, -0.2) is 53.1 Å². The lowest BCUT2D eigenvalue weighted by molar-refractivity contribution is -0.199. The van der Waals surface area contributed by atoms with Gasteiger partial charge in [-0.05, 0) is 13.8 Å². The number of nitrogens with one attached hydrogen (secondary N) is 1. The average Bonchev–Trinajstić information content (AvgIpc) is 2.37. The Morgan fingerprint density at radius 2 is 1.00 bits per heavy atom. The molecule has 0 unspecified atom stereocenters. The SMILES string of the molecule is COC(C)(CCNCCC(C)(OC)OC)OC. The largest absolute Gasteiger partial charge is 0.353 e. The maximum atomic E-state index is 5.27. The Bertz CT molecular complexity index is 171. The molecule has 104 valence electrons. The fourth-order valence-corrected chi connectivity index (χ4v) is 1.33. The highest BCUT2D eigenvalue weighted by molar-refractivity contribution is 4.67. The van der Waals surface area contributed by atoms with Crippen LogP contribution in [0.2, 0.25) is 0 Å². The van der Waals surface area contributed by atoms with Gasteiger partial charge in [0.1, 0.15) is 0 Å². The van der Waals surface area contributed by atoms with Crippen molar-refractivity contribution in [3.05, 3.63) is 0 Å². The van der Waals surface area contributed by atoms with Crippen molar-refractivity contribution in [2.45, 2.75) is 38.3 Å². The van der Waals surface area contributed by atoms with Crippen molar-refractivity contribution in [3.63, 3.8) is 0 Å². The van der Waals surface area contributed by atoms with E-state index in [1.807, 2.05) is 13.8 Å². The summed E-state index contributed by atoms with van der Waals surface area (Å²) >= 11 is 0. The lowest BCUT2D eigenvalue weighted by Crippen LogP contribution is -2.37. The first-order valence-electron chi connectivity index (χ1n) is 5.86. The van der Waals surface area contributed by atoms with Crippen LogP contribution in [0.3, 0.4) is 0 Å². The van der Waals surface area contributed by atoms with Gasteiger partial charge in [0.05, 0.1) is 0 Å². The predicted molar refractivity (Wildman–Crippen MR) is 66.9 cm³/mol. The molecule has 0 rings (SSSR count). The maximum Gasteiger partial charge on any atom is 0.165 e. The summed E-state index contributed by atoms with van der Waals surface area (Å²) in [6, 6.07) is 0. The predicted octanol–water partition coefficient (Wildman–Crippen LogP) is 1.37. The lowest BCUT2D eigenvalue weighted by atomic mass is 10.2. The molecule has 0 aliphatic rings. The van der Waals surface area contributed by atoms with E-state index in [4.69, 9.17) is 18.9 Å². The van der Waals surface area contributed by atoms with Crippen molar-refractivity contribution in [1.29, 1.82) is 0 Å². The van der Waals surface area contributed by atoms with E-state index in [1.165, 1.54) is 0 Å². The molecule has 0 atom stereocenters. The quantitative estimate of drug-likeness (QED) is 0.468. The van der Waals surface area contributed by atoms with Gasteiger partial charge in [0.2, 0.25) is 0 Å². The van der Waals surface area contributed by atoms with E-state index in [9.17, 15) is 0 Å². The summed E-state index contributed by atoms with van der Waals surface area (Å²) in [5.74, 6) is -1.03. The summed E-state index contributed by atoms with van der Waals surface area (Å²) in [4.78, 5) is 0. The second-order valence-corrected chi connectivity index (χ2v) is 4.33. The van der Waals surface area contributed by atoms with Gasteiger partial charge in [-0.25, -0.2) is 0 Å². The van der Waals surface area contributed by atoms with Crippen LogP contribution >= 0.6 is 0 Å². The van der Waals surface area contributed by atoms with Crippen molar-refractivity contribution in [3.8, 4) is 0 Å². The van der Waals surface area contributed by atoms with Crippen molar-refractivity contribution >= 4 is 0 Å². The third-order valence-electron chi connectivity index (χ3n) is 3.24. The monoisotopic (exact) mass is 249 g/mol.